The van der Waals surface area contributed by atoms with Gasteiger partial charge in [0.25, 0.3) is 0 Å². The van der Waals surface area contributed by atoms with E-state index in [1.54, 1.807) is 0 Å². The summed E-state index contributed by atoms with van der Waals surface area (Å²) >= 11 is 0. The molecule has 0 aliphatic heterocycles. The third-order valence-corrected chi connectivity index (χ3v) is 5.75. The highest BCUT2D eigenvalue weighted by atomic mass is 16.1. The second-order valence-electron chi connectivity index (χ2n) is 8.08. The van der Waals surface area contributed by atoms with Crippen LogP contribution < -0.4 is 16.4 Å². The van der Waals surface area contributed by atoms with Crippen molar-refractivity contribution in [1.82, 2.24) is 14.5 Å². The molecule has 2 aromatic heterocycles. The van der Waals surface area contributed by atoms with Crippen LogP contribution in [-0.2, 0) is 13.0 Å². The van der Waals surface area contributed by atoms with E-state index in [-0.39, 0.29) is 5.91 Å². The number of unbranched alkanes of at least 4 members (excludes halogenated alkanes) is 1. The van der Waals surface area contributed by atoms with Crippen molar-refractivity contribution in [1.29, 1.82) is 0 Å². The summed E-state index contributed by atoms with van der Waals surface area (Å²) in [5, 5.41) is 1.06. The van der Waals surface area contributed by atoms with E-state index in [1.165, 1.54) is 0 Å². The number of benzene rings is 2. The predicted octanol–water partition coefficient (Wildman–Crippen LogP) is 3.66. The lowest BCUT2D eigenvalue weighted by Gasteiger charge is -2.16. The van der Waals surface area contributed by atoms with E-state index in [2.05, 4.69) is 26.7 Å². The molecule has 4 rings (SSSR count). The van der Waals surface area contributed by atoms with Crippen LogP contribution in [0.15, 0.2) is 42.5 Å². The highest BCUT2D eigenvalue weighted by molar-refractivity contribution is 6.06. The molecule has 7 nitrogen and oxygen atoms in total. The molecule has 0 aliphatic carbocycles. The quantitative estimate of drug-likeness (QED) is 0.448. The van der Waals surface area contributed by atoms with Crippen LogP contribution in [0.25, 0.3) is 21.9 Å². The molecule has 0 aliphatic rings. The number of carbonyl (C=O) groups is 1. The number of carbonyl (C=O) groups excluding carboxylic acids is 1. The molecule has 31 heavy (non-hydrogen) atoms. The molecule has 0 radical (unpaired) electrons. The number of para-hydroxylation sites is 1. The number of aryl methyl sites for hydroxylation is 3. The van der Waals surface area contributed by atoms with Gasteiger partial charge in [0.15, 0.2) is 5.82 Å². The molecule has 4 N–H and O–H groups in total. The lowest BCUT2D eigenvalue weighted by molar-refractivity contribution is 0.0999. The second kappa shape index (κ2) is 8.26. The van der Waals surface area contributed by atoms with Gasteiger partial charge in [-0.25, -0.2) is 9.97 Å². The second-order valence-corrected chi connectivity index (χ2v) is 8.08. The maximum atomic E-state index is 11.8. The van der Waals surface area contributed by atoms with E-state index in [0.29, 0.717) is 11.4 Å². The Hall–Kier alpha value is -3.61. The summed E-state index contributed by atoms with van der Waals surface area (Å²) in [6.45, 7) is 2.81. The molecule has 0 saturated carbocycles. The summed E-state index contributed by atoms with van der Waals surface area (Å²) in [5.41, 5.74) is 17.1. The van der Waals surface area contributed by atoms with E-state index < -0.39 is 0 Å². The first kappa shape index (κ1) is 20.7. The number of anilines is 2. The molecule has 0 fully saturated rings. The van der Waals surface area contributed by atoms with Crippen LogP contribution in [0.4, 0.5) is 11.5 Å². The molecule has 0 atom stereocenters. The Bertz CT molecular complexity index is 1270. The molecule has 2 heterocycles. The number of primary amides is 1. The topological polar surface area (TPSA) is 103 Å². The lowest BCUT2D eigenvalue weighted by Crippen LogP contribution is -2.16. The minimum atomic E-state index is -0.383. The Morgan fingerprint density at radius 2 is 1.87 bits per heavy atom. The molecule has 7 heteroatoms. The van der Waals surface area contributed by atoms with Crippen molar-refractivity contribution >= 4 is 39.3 Å². The number of pyridine rings is 1. The number of fused-ring (bicyclic) bond motifs is 3. The molecule has 0 unspecified atom stereocenters. The monoisotopic (exact) mass is 416 g/mol. The first-order valence-corrected chi connectivity index (χ1v) is 10.5. The summed E-state index contributed by atoms with van der Waals surface area (Å²) in [6, 6.07) is 13.8. The van der Waals surface area contributed by atoms with Crippen LogP contribution in [0.3, 0.4) is 0 Å². The summed E-state index contributed by atoms with van der Waals surface area (Å²) in [5.74, 6) is 1.00. The molecule has 4 aromatic rings. The van der Waals surface area contributed by atoms with Crippen LogP contribution in [-0.4, -0.2) is 34.5 Å². The molecule has 0 spiro atoms. The summed E-state index contributed by atoms with van der Waals surface area (Å²) in [7, 11) is 3.97. The first-order valence-electron chi connectivity index (χ1n) is 10.5. The van der Waals surface area contributed by atoms with Crippen molar-refractivity contribution in [2.24, 2.45) is 5.73 Å². The van der Waals surface area contributed by atoms with Gasteiger partial charge in [-0.15, -0.1) is 0 Å². The van der Waals surface area contributed by atoms with E-state index in [4.69, 9.17) is 11.5 Å². The minimum Gasteiger partial charge on any atom is -0.382 e. The van der Waals surface area contributed by atoms with E-state index in [0.717, 1.165) is 64.8 Å². The highest BCUT2D eigenvalue weighted by Crippen LogP contribution is 2.29. The normalized spacial score (nSPS) is 11.3. The van der Waals surface area contributed by atoms with E-state index >= 15 is 0 Å². The van der Waals surface area contributed by atoms with Crippen LogP contribution in [0.5, 0.6) is 0 Å². The fourth-order valence-corrected chi connectivity index (χ4v) is 4.13. The third-order valence-electron chi connectivity index (χ3n) is 5.75. The zero-order valence-corrected chi connectivity index (χ0v) is 18.2. The average molecular weight is 417 g/mol. The van der Waals surface area contributed by atoms with Gasteiger partial charge in [-0.3, -0.25) is 4.79 Å². The number of aromatic nitrogens is 3. The Morgan fingerprint density at radius 1 is 1.10 bits per heavy atom. The molecule has 0 saturated heterocycles. The number of nitrogens with two attached hydrogens (primary N) is 2. The van der Waals surface area contributed by atoms with Gasteiger partial charge < -0.3 is 20.9 Å². The maximum Gasteiger partial charge on any atom is 0.248 e. The minimum absolute atomic E-state index is 0.383. The highest BCUT2D eigenvalue weighted by Gasteiger charge is 2.15. The van der Waals surface area contributed by atoms with Crippen LogP contribution in [0, 0.1) is 6.92 Å². The number of amides is 1. The van der Waals surface area contributed by atoms with E-state index in [1.807, 2.05) is 56.3 Å². The molecule has 2 aromatic carbocycles. The van der Waals surface area contributed by atoms with Gasteiger partial charge in [0.2, 0.25) is 5.91 Å². The van der Waals surface area contributed by atoms with Crippen molar-refractivity contribution in [2.75, 3.05) is 24.7 Å². The van der Waals surface area contributed by atoms with Gasteiger partial charge >= 0.3 is 0 Å². The van der Waals surface area contributed by atoms with Gasteiger partial charge in [0, 0.05) is 37.3 Å². The Labute approximate surface area is 181 Å². The van der Waals surface area contributed by atoms with Crippen LogP contribution >= 0.6 is 0 Å². The van der Waals surface area contributed by atoms with Gasteiger partial charge in [-0.1, -0.05) is 18.2 Å². The van der Waals surface area contributed by atoms with Gasteiger partial charge in [-0.05, 0) is 56.0 Å². The first-order chi connectivity index (χ1) is 14.9. The molecule has 0 bridgehead atoms. The number of nitrogens with zero attached hydrogens (tertiary/aromatic N) is 4. The standard InChI is InChI=1S/C24H28N6O/c1-15-27-21-22(19-9-4-5-10-20(19)28-23(21)25)30(15)13-7-6-8-16-14-17(29(2)3)11-12-18(16)24(26)31/h4-5,9-12,14H,6-8,13H2,1-3H3,(H2,25,28)(H2,26,31). The van der Waals surface area contributed by atoms with Gasteiger partial charge in [0.05, 0.1) is 11.0 Å². The number of hydrogen-bond acceptors (Lipinski definition) is 5. The van der Waals surface area contributed by atoms with Crippen LogP contribution in [0.1, 0.15) is 34.6 Å². The largest absolute Gasteiger partial charge is 0.382 e. The zero-order chi connectivity index (χ0) is 22.1. The Balaban J connectivity index is 1.57. The number of hydrogen-bond donors (Lipinski definition) is 2. The fourth-order valence-electron chi connectivity index (χ4n) is 4.13. The smallest absolute Gasteiger partial charge is 0.248 e. The van der Waals surface area contributed by atoms with E-state index in [9.17, 15) is 4.79 Å². The van der Waals surface area contributed by atoms with Gasteiger partial charge in [-0.2, -0.15) is 0 Å². The van der Waals surface area contributed by atoms with Gasteiger partial charge in [0.1, 0.15) is 11.3 Å². The van der Waals surface area contributed by atoms with Crippen molar-refractivity contribution in [3.63, 3.8) is 0 Å². The van der Waals surface area contributed by atoms with Crippen molar-refractivity contribution in [2.45, 2.75) is 32.7 Å². The number of rotatable bonds is 7. The summed E-state index contributed by atoms with van der Waals surface area (Å²) in [4.78, 5) is 23.0. The van der Waals surface area contributed by atoms with Crippen LogP contribution in [0.2, 0.25) is 0 Å². The summed E-state index contributed by atoms with van der Waals surface area (Å²) in [6.07, 6.45) is 2.65. The number of nitrogen functional groups attached to an aromatic ring is 1. The maximum absolute atomic E-state index is 11.8. The van der Waals surface area contributed by atoms with Crippen molar-refractivity contribution in [3.8, 4) is 0 Å². The third kappa shape index (κ3) is 3.91. The SMILES string of the molecule is Cc1nc2c(N)nc3ccccc3c2n1CCCCc1cc(N(C)C)ccc1C(N)=O. The van der Waals surface area contributed by atoms with Crippen molar-refractivity contribution in [3.05, 3.63) is 59.4 Å². The Morgan fingerprint density at radius 3 is 2.61 bits per heavy atom. The molecule has 1 amide bonds. The average Bonchev–Trinajstić information content (AvgIpc) is 3.08. The van der Waals surface area contributed by atoms with Crippen molar-refractivity contribution < 1.29 is 4.79 Å². The predicted molar refractivity (Wildman–Crippen MR) is 126 cm³/mol. The molecular formula is C24H28N6O. The molecule has 160 valence electrons. The number of imidazole rings is 1. The lowest BCUT2D eigenvalue weighted by atomic mass is 10.00. The fraction of sp³-hybridized carbons (Fsp3) is 0.292. The summed E-state index contributed by atoms with van der Waals surface area (Å²) < 4.78 is 2.22. The Kier molecular flexibility index (Phi) is 5.50. The zero-order valence-electron chi connectivity index (χ0n) is 18.2. The molecular weight excluding hydrogens is 388 g/mol.